The number of rotatable bonds is 3. The van der Waals surface area contributed by atoms with E-state index in [9.17, 15) is 18.3 Å². The quantitative estimate of drug-likeness (QED) is 0.760. The molecule has 0 saturated carbocycles. The lowest BCUT2D eigenvalue weighted by molar-refractivity contribution is -0.137. The molecule has 0 radical (unpaired) electrons. The van der Waals surface area contributed by atoms with Crippen LogP contribution in [-0.4, -0.2) is 5.11 Å². The summed E-state index contributed by atoms with van der Waals surface area (Å²) in [5.41, 5.74) is 0.331. The van der Waals surface area contributed by atoms with Crippen molar-refractivity contribution < 1.29 is 27.4 Å². The van der Waals surface area contributed by atoms with Crippen LogP contribution in [0.2, 0.25) is 0 Å². The number of halogens is 3. The van der Waals surface area contributed by atoms with Gasteiger partial charge in [0.25, 0.3) is 0 Å². The number of aromatic hydroxyl groups is 1. The van der Waals surface area contributed by atoms with Crippen LogP contribution in [0.5, 0.6) is 11.5 Å². The number of hydrogen-bond donors (Lipinski definition) is 1. The van der Waals surface area contributed by atoms with Crippen molar-refractivity contribution >= 4 is 11.0 Å². The molecule has 0 aliphatic carbocycles. The van der Waals surface area contributed by atoms with Gasteiger partial charge in [0.2, 0.25) is 0 Å². The predicted molar refractivity (Wildman–Crippen MR) is 73.7 cm³/mol. The summed E-state index contributed by atoms with van der Waals surface area (Å²) in [5.74, 6) is 0.348. The molecule has 2 aromatic carbocycles. The molecule has 3 nitrogen and oxygen atoms in total. The minimum atomic E-state index is -4.36. The Morgan fingerprint density at radius 3 is 2.45 bits per heavy atom. The minimum absolute atomic E-state index is 0.0262. The van der Waals surface area contributed by atoms with Crippen LogP contribution in [0.1, 0.15) is 11.1 Å². The molecule has 1 heterocycles. The van der Waals surface area contributed by atoms with E-state index in [1.54, 1.807) is 12.1 Å². The summed E-state index contributed by atoms with van der Waals surface area (Å²) in [7, 11) is 0. The Hall–Kier alpha value is -2.63. The molecule has 22 heavy (non-hydrogen) atoms. The van der Waals surface area contributed by atoms with E-state index in [2.05, 4.69) is 0 Å². The summed E-state index contributed by atoms with van der Waals surface area (Å²) in [4.78, 5) is 0. The standard InChI is InChI=1S/C16H11F3O3/c17-16(18,19)11-4-6-12(7-5-11)21-8-10-9-22-15-13(10)2-1-3-14(15)20/h1-7,9,20H,8H2. The predicted octanol–water partition coefficient (Wildman–Crippen LogP) is 4.74. The first-order valence-corrected chi connectivity index (χ1v) is 6.43. The zero-order valence-corrected chi connectivity index (χ0v) is 11.2. The molecule has 1 aromatic heterocycles. The fourth-order valence-electron chi connectivity index (χ4n) is 2.11. The monoisotopic (exact) mass is 308 g/mol. The minimum Gasteiger partial charge on any atom is -0.504 e. The summed E-state index contributed by atoms with van der Waals surface area (Å²) in [6.07, 6.45) is -2.91. The average Bonchev–Trinajstić information content (AvgIpc) is 2.89. The van der Waals surface area contributed by atoms with Crippen LogP contribution in [-0.2, 0) is 12.8 Å². The average molecular weight is 308 g/mol. The number of benzene rings is 2. The molecule has 0 aliphatic heterocycles. The SMILES string of the molecule is Oc1cccc2c(COc3ccc(C(F)(F)F)cc3)coc12. The zero-order chi connectivity index (χ0) is 15.7. The number of alkyl halides is 3. The van der Waals surface area contributed by atoms with Gasteiger partial charge < -0.3 is 14.3 Å². The van der Waals surface area contributed by atoms with Crippen molar-refractivity contribution in [1.29, 1.82) is 0 Å². The third-order valence-corrected chi connectivity index (χ3v) is 3.24. The van der Waals surface area contributed by atoms with E-state index in [1.807, 2.05) is 0 Å². The number of fused-ring (bicyclic) bond motifs is 1. The van der Waals surface area contributed by atoms with Gasteiger partial charge in [-0.3, -0.25) is 0 Å². The highest BCUT2D eigenvalue weighted by Gasteiger charge is 2.30. The van der Waals surface area contributed by atoms with Crippen LogP contribution in [0.25, 0.3) is 11.0 Å². The van der Waals surface area contributed by atoms with Gasteiger partial charge in [-0.15, -0.1) is 0 Å². The topological polar surface area (TPSA) is 42.6 Å². The summed E-state index contributed by atoms with van der Waals surface area (Å²) < 4.78 is 48.1. The van der Waals surface area contributed by atoms with Crippen molar-refractivity contribution in [1.82, 2.24) is 0 Å². The molecule has 114 valence electrons. The summed E-state index contributed by atoms with van der Waals surface area (Å²) >= 11 is 0. The molecule has 0 bridgehead atoms. The molecule has 0 spiro atoms. The van der Waals surface area contributed by atoms with Crippen LogP contribution in [0.15, 0.2) is 53.1 Å². The van der Waals surface area contributed by atoms with Gasteiger partial charge in [-0.25, -0.2) is 0 Å². The maximum Gasteiger partial charge on any atom is 0.416 e. The maximum atomic E-state index is 12.5. The van der Waals surface area contributed by atoms with E-state index in [1.165, 1.54) is 24.5 Å². The van der Waals surface area contributed by atoms with Crippen LogP contribution >= 0.6 is 0 Å². The van der Waals surface area contributed by atoms with Crippen LogP contribution in [0.3, 0.4) is 0 Å². The van der Waals surface area contributed by atoms with E-state index in [4.69, 9.17) is 9.15 Å². The van der Waals surface area contributed by atoms with Gasteiger partial charge >= 0.3 is 6.18 Å². The number of phenols is 1. The molecular formula is C16H11F3O3. The van der Waals surface area contributed by atoms with Gasteiger partial charge in [0.15, 0.2) is 11.3 Å². The summed E-state index contributed by atoms with van der Waals surface area (Å²) in [6.45, 7) is 0.127. The first-order chi connectivity index (χ1) is 10.4. The third-order valence-electron chi connectivity index (χ3n) is 3.24. The molecule has 0 aliphatic rings. The van der Waals surface area contributed by atoms with Gasteiger partial charge in [-0.2, -0.15) is 13.2 Å². The van der Waals surface area contributed by atoms with Gasteiger partial charge in [0.1, 0.15) is 12.4 Å². The lowest BCUT2D eigenvalue weighted by Crippen LogP contribution is -2.04. The molecule has 0 unspecified atom stereocenters. The van der Waals surface area contributed by atoms with Gasteiger partial charge in [-0.1, -0.05) is 12.1 Å². The zero-order valence-electron chi connectivity index (χ0n) is 11.2. The lowest BCUT2D eigenvalue weighted by Gasteiger charge is -2.08. The molecule has 0 saturated heterocycles. The van der Waals surface area contributed by atoms with Gasteiger partial charge in [0, 0.05) is 10.9 Å². The van der Waals surface area contributed by atoms with Crippen LogP contribution in [0.4, 0.5) is 13.2 Å². The van der Waals surface area contributed by atoms with E-state index < -0.39 is 11.7 Å². The Labute approximate surface area is 123 Å². The second kappa shape index (κ2) is 5.29. The van der Waals surface area contributed by atoms with Crippen LogP contribution in [0, 0.1) is 0 Å². The molecular weight excluding hydrogens is 297 g/mol. The summed E-state index contributed by atoms with van der Waals surface area (Å²) in [6, 6.07) is 9.42. The van der Waals surface area contributed by atoms with Crippen molar-refractivity contribution in [3.05, 3.63) is 59.9 Å². The van der Waals surface area contributed by atoms with Crippen molar-refractivity contribution in [2.24, 2.45) is 0 Å². The van der Waals surface area contributed by atoms with Crippen LogP contribution < -0.4 is 4.74 Å². The Morgan fingerprint density at radius 1 is 1.05 bits per heavy atom. The lowest BCUT2D eigenvalue weighted by atomic mass is 10.2. The third kappa shape index (κ3) is 2.72. The van der Waals surface area contributed by atoms with E-state index >= 15 is 0 Å². The molecule has 6 heteroatoms. The second-order valence-electron chi connectivity index (χ2n) is 4.73. The highest BCUT2D eigenvalue weighted by molar-refractivity contribution is 5.85. The normalized spacial score (nSPS) is 11.8. The highest BCUT2D eigenvalue weighted by Crippen LogP contribution is 2.31. The van der Waals surface area contributed by atoms with Crippen molar-refractivity contribution in [2.75, 3.05) is 0 Å². The Balaban J connectivity index is 1.75. The van der Waals surface area contributed by atoms with E-state index in [0.717, 1.165) is 12.1 Å². The first-order valence-electron chi connectivity index (χ1n) is 6.43. The number of phenolic OH excluding ortho intramolecular Hbond substituents is 1. The molecule has 0 fully saturated rings. The number of ether oxygens (including phenoxy) is 1. The number of hydrogen-bond acceptors (Lipinski definition) is 3. The Morgan fingerprint density at radius 2 is 1.77 bits per heavy atom. The molecule has 1 N–H and O–H groups in total. The number of furan rings is 1. The second-order valence-corrected chi connectivity index (χ2v) is 4.73. The molecule has 0 amide bonds. The largest absolute Gasteiger partial charge is 0.504 e. The first kappa shape index (κ1) is 14.3. The highest BCUT2D eigenvalue weighted by atomic mass is 19.4. The van der Waals surface area contributed by atoms with Crippen molar-refractivity contribution in [2.45, 2.75) is 12.8 Å². The fraction of sp³-hybridized carbons (Fsp3) is 0.125. The van der Waals surface area contributed by atoms with E-state index in [0.29, 0.717) is 22.3 Å². The Bertz CT molecular complexity index is 788. The van der Waals surface area contributed by atoms with Crippen molar-refractivity contribution in [3.63, 3.8) is 0 Å². The van der Waals surface area contributed by atoms with Gasteiger partial charge in [-0.05, 0) is 30.3 Å². The van der Waals surface area contributed by atoms with Crippen molar-refractivity contribution in [3.8, 4) is 11.5 Å². The fourth-order valence-corrected chi connectivity index (χ4v) is 2.11. The van der Waals surface area contributed by atoms with Gasteiger partial charge in [0.05, 0.1) is 11.8 Å². The maximum absolute atomic E-state index is 12.5. The number of para-hydroxylation sites is 1. The molecule has 3 rings (SSSR count). The summed E-state index contributed by atoms with van der Waals surface area (Å²) in [5, 5.41) is 10.3. The van der Waals surface area contributed by atoms with E-state index in [-0.39, 0.29) is 12.4 Å². The molecule has 0 atom stereocenters. The molecule has 3 aromatic rings. The Kier molecular flexibility index (Phi) is 3.44. The smallest absolute Gasteiger partial charge is 0.416 e.